The molecule has 26 heavy (non-hydrogen) atoms. The van der Waals surface area contributed by atoms with E-state index in [2.05, 4.69) is 10.6 Å². The molecule has 2 aromatic rings. The minimum Gasteiger partial charge on any atom is -0.495 e. The zero-order valence-electron chi connectivity index (χ0n) is 14.1. The number of methoxy groups -OCH3 is 2. The first-order valence-corrected chi connectivity index (χ1v) is 9.25. The van der Waals surface area contributed by atoms with Gasteiger partial charge in [0, 0.05) is 12.6 Å². The molecule has 0 radical (unpaired) electrons. The molecule has 0 heterocycles. The van der Waals surface area contributed by atoms with Crippen molar-refractivity contribution in [2.75, 3.05) is 19.5 Å². The van der Waals surface area contributed by atoms with Crippen LogP contribution in [0.3, 0.4) is 0 Å². The molecule has 0 fully saturated rings. The first-order chi connectivity index (χ1) is 12.2. The molecule has 0 spiro atoms. The quantitative estimate of drug-likeness (QED) is 0.688. The average molecular weight is 400 g/mol. The number of sulfonamides is 1. The molecular formula is C16H18ClN3O5S. The Kier molecular flexibility index (Phi) is 6.30. The lowest BCUT2D eigenvalue weighted by atomic mass is 10.2. The van der Waals surface area contributed by atoms with Crippen molar-refractivity contribution in [3.63, 3.8) is 0 Å². The third-order valence-electron chi connectivity index (χ3n) is 3.43. The lowest BCUT2D eigenvalue weighted by molar-refractivity contribution is 0.251. The van der Waals surface area contributed by atoms with Crippen LogP contribution in [0.4, 0.5) is 10.5 Å². The van der Waals surface area contributed by atoms with Gasteiger partial charge in [0.1, 0.15) is 11.5 Å². The molecule has 0 bridgehead atoms. The van der Waals surface area contributed by atoms with E-state index in [1.165, 1.54) is 32.4 Å². The number of carbonyl (C=O) groups is 1. The molecule has 2 aromatic carbocycles. The van der Waals surface area contributed by atoms with E-state index < -0.39 is 16.1 Å². The number of rotatable bonds is 6. The zero-order valence-corrected chi connectivity index (χ0v) is 15.6. The van der Waals surface area contributed by atoms with Gasteiger partial charge < -0.3 is 20.1 Å². The number of nitrogens with two attached hydrogens (primary N) is 1. The number of hydrogen-bond acceptors (Lipinski definition) is 5. The molecule has 0 aliphatic rings. The average Bonchev–Trinajstić information content (AvgIpc) is 2.60. The van der Waals surface area contributed by atoms with Gasteiger partial charge in [0.2, 0.25) is 10.0 Å². The van der Waals surface area contributed by atoms with Gasteiger partial charge in [-0.3, -0.25) is 0 Å². The van der Waals surface area contributed by atoms with E-state index in [0.717, 1.165) is 0 Å². The predicted octanol–water partition coefficient (Wildman–Crippen LogP) is 2.33. The summed E-state index contributed by atoms with van der Waals surface area (Å²) in [6, 6.07) is 8.45. The summed E-state index contributed by atoms with van der Waals surface area (Å²) in [6.07, 6.45) is 0. The van der Waals surface area contributed by atoms with Crippen LogP contribution in [0.1, 0.15) is 5.56 Å². The molecule has 0 saturated carbocycles. The summed E-state index contributed by atoms with van der Waals surface area (Å²) in [5, 5.41) is 10.6. The molecule has 4 N–H and O–H groups in total. The molecule has 0 saturated heterocycles. The molecule has 0 aliphatic heterocycles. The number of benzene rings is 2. The molecule has 2 rings (SSSR count). The number of hydrogen-bond donors (Lipinski definition) is 3. The highest BCUT2D eigenvalue weighted by Gasteiger charge is 2.12. The van der Waals surface area contributed by atoms with Crippen LogP contribution >= 0.6 is 11.6 Å². The number of primary sulfonamides is 1. The lowest BCUT2D eigenvalue weighted by Gasteiger charge is -2.13. The molecular weight excluding hydrogens is 382 g/mol. The molecule has 8 nitrogen and oxygen atoms in total. The first-order valence-electron chi connectivity index (χ1n) is 7.32. The van der Waals surface area contributed by atoms with Crippen LogP contribution in [-0.4, -0.2) is 28.7 Å². The maximum atomic E-state index is 12.1. The third-order valence-corrected chi connectivity index (χ3v) is 4.65. The van der Waals surface area contributed by atoms with E-state index in [9.17, 15) is 13.2 Å². The smallest absolute Gasteiger partial charge is 0.319 e. The number of nitrogens with one attached hydrogen (secondary N) is 2. The maximum Gasteiger partial charge on any atom is 0.319 e. The van der Waals surface area contributed by atoms with E-state index in [0.29, 0.717) is 27.8 Å². The van der Waals surface area contributed by atoms with E-state index in [-0.39, 0.29) is 11.4 Å². The van der Waals surface area contributed by atoms with Crippen LogP contribution in [0.2, 0.25) is 5.02 Å². The molecule has 10 heteroatoms. The third kappa shape index (κ3) is 5.01. The summed E-state index contributed by atoms with van der Waals surface area (Å²) in [5.41, 5.74) is 1.08. The van der Waals surface area contributed by atoms with Crippen molar-refractivity contribution < 1.29 is 22.7 Å². The van der Waals surface area contributed by atoms with E-state index in [1.807, 2.05) is 0 Å². The van der Waals surface area contributed by atoms with Gasteiger partial charge in [-0.2, -0.15) is 0 Å². The summed E-state index contributed by atoms with van der Waals surface area (Å²) in [4.78, 5) is 12.1. The Morgan fingerprint density at radius 2 is 1.73 bits per heavy atom. The van der Waals surface area contributed by atoms with Crippen LogP contribution in [-0.2, 0) is 16.6 Å². The minimum absolute atomic E-state index is 0.00307. The fourth-order valence-electron chi connectivity index (χ4n) is 2.10. The van der Waals surface area contributed by atoms with Gasteiger partial charge in [-0.15, -0.1) is 0 Å². The summed E-state index contributed by atoms with van der Waals surface area (Å²) < 4.78 is 32.7. The largest absolute Gasteiger partial charge is 0.495 e. The van der Waals surface area contributed by atoms with Crippen molar-refractivity contribution >= 4 is 33.3 Å². The van der Waals surface area contributed by atoms with Crippen molar-refractivity contribution in [1.29, 1.82) is 0 Å². The van der Waals surface area contributed by atoms with Gasteiger partial charge in [-0.05, 0) is 23.8 Å². The minimum atomic E-state index is -3.75. The van der Waals surface area contributed by atoms with Crippen molar-refractivity contribution in [2.24, 2.45) is 5.14 Å². The maximum absolute atomic E-state index is 12.1. The SMILES string of the molecule is COc1cc(OC)c(NC(=O)NCc2ccc(S(N)(=O)=O)cc2)cc1Cl. The molecule has 0 aromatic heterocycles. The fraction of sp³-hybridized carbons (Fsp3) is 0.188. The van der Waals surface area contributed by atoms with Crippen LogP contribution < -0.4 is 25.2 Å². The van der Waals surface area contributed by atoms with Crippen molar-refractivity contribution in [2.45, 2.75) is 11.4 Å². The van der Waals surface area contributed by atoms with Crippen LogP contribution in [0.15, 0.2) is 41.3 Å². The van der Waals surface area contributed by atoms with Crippen LogP contribution in [0.25, 0.3) is 0 Å². The fourth-order valence-corrected chi connectivity index (χ4v) is 2.86. The topological polar surface area (TPSA) is 120 Å². The second-order valence-corrected chi connectivity index (χ2v) is 7.15. The number of halogens is 1. The molecule has 2 amide bonds. The molecule has 0 atom stereocenters. The van der Waals surface area contributed by atoms with Gasteiger partial charge in [0.05, 0.1) is 29.8 Å². The summed E-state index contributed by atoms with van der Waals surface area (Å²) in [7, 11) is -0.814. The van der Waals surface area contributed by atoms with Crippen molar-refractivity contribution in [1.82, 2.24) is 5.32 Å². The van der Waals surface area contributed by atoms with Gasteiger partial charge >= 0.3 is 6.03 Å². The van der Waals surface area contributed by atoms with Gasteiger partial charge in [0.15, 0.2) is 0 Å². The Morgan fingerprint density at radius 3 is 2.27 bits per heavy atom. The summed E-state index contributed by atoms with van der Waals surface area (Å²) in [6.45, 7) is 0.183. The number of anilines is 1. The van der Waals surface area contributed by atoms with Crippen LogP contribution in [0, 0.1) is 0 Å². The Morgan fingerprint density at radius 1 is 1.12 bits per heavy atom. The second-order valence-electron chi connectivity index (χ2n) is 5.18. The van der Waals surface area contributed by atoms with E-state index in [1.54, 1.807) is 18.2 Å². The Labute approximate surface area is 156 Å². The Hall–Kier alpha value is -2.49. The highest BCUT2D eigenvalue weighted by Crippen LogP contribution is 2.35. The Balaban J connectivity index is 2.02. The molecule has 140 valence electrons. The number of ether oxygens (including phenoxy) is 2. The van der Waals surface area contributed by atoms with E-state index in [4.69, 9.17) is 26.2 Å². The lowest BCUT2D eigenvalue weighted by Crippen LogP contribution is -2.28. The first kappa shape index (κ1) is 19.8. The summed E-state index contributed by atoms with van der Waals surface area (Å²) >= 11 is 6.05. The Bertz CT molecular complexity index is 901. The van der Waals surface area contributed by atoms with Gasteiger partial charge in [-0.1, -0.05) is 23.7 Å². The molecule has 0 aliphatic carbocycles. The highest BCUT2D eigenvalue weighted by molar-refractivity contribution is 7.89. The normalized spacial score (nSPS) is 10.9. The van der Waals surface area contributed by atoms with Crippen LogP contribution in [0.5, 0.6) is 11.5 Å². The van der Waals surface area contributed by atoms with Crippen molar-refractivity contribution in [3.05, 3.63) is 47.0 Å². The number of urea groups is 1. The second kappa shape index (κ2) is 8.26. The molecule has 0 unspecified atom stereocenters. The standard InChI is InChI=1S/C16H18ClN3O5S/c1-24-14-8-15(25-2)13(7-12(14)17)20-16(21)19-9-10-3-5-11(6-4-10)26(18,22)23/h3-8H,9H2,1-2H3,(H2,18,22,23)(H2,19,20,21). The number of amides is 2. The van der Waals surface area contributed by atoms with E-state index >= 15 is 0 Å². The van der Waals surface area contributed by atoms with Gasteiger partial charge in [0.25, 0.3) is 0 Å². The zero-order chi connectivity index (χ0) is 19.3. The van der Waals surface area contributed by atoms with Crippen molar-refractivity contribution in [3.8, 4) is 11.5 Å². The monoisotopic (exact) mass is 399 g/mol. The summed E-state index contributed by atoms with van der Waals surface area (Å²) in [5.74, 6) is 0.809. The highest BCUT2D eigenvalue weighted by atomic mass is 35.5. The number of carbonyl (C=O) groups excluding carboxylic acids is 1. The predicted molar refractivity (Wildman–Crippen MR) is 98.2 cm³/mol. The van der Waals surface area contributed by atoms with Gasteiger partial charge in [-0.25, -0.2) is 18.4 Å².